The minimum Gasteiger partial charge on any atom is -0.497 e. The maximum Gasteiger partial charge on any atom is 0.169 e. The summed E-state index contributed by atoms with van der Waals surface area (Å²) in [5.74, 6) is 1.07. The van der Waals surface area contributed by atoms with Gasteiger partial charge >= 0.3 is 0 Å². The first-order valence-electron chi connectivity index (χ1n) is 6.41. The molecule has 0 N–H and O–H groups in total. The fourth-order valence-electron chi connectivity index (χ4n) is 2.86. The first kappa shape index (κ1) is 12.2. The Balaban J connectivity index is 2.29. The Hall–Kier alpha value is -1.31. The van der Waals surface area contributed by atoms with Crippen molar-refractivity contribution in [3.63, 3.8) is 0 Å². The van der Waals surface area contributed by atoms with Crippen molar-refractivity contribution in [2.45, 2.75) is 39.0 Å². The second-order valence-corrected chi connectivity index (χ2v) is 4.90. The van der Waals surface area contributed by atoms with Gasteiger partial charge < -0.3 is 4.74 Å². The van der Waals surface area contributed by atoms with Crippen LogP contribution in [0, 0.1) is 5.41 Å². The molecule has 0 saturated heterocycles. The molecule has 2 nitrogen and oxygen atoms in total. The fourth-order valence-corrected chi connectivity index (χ4v) is 2.86. The number of methoxy groups -OCH3 is 1. The molecule has 1 aromatic rings. The Kier molecular flexibility index (Phi) is 3.51. The zero-order valence-corrected chi connectivity index (χ0v) is 10.7. The Morgan fingerprint density at radius 3 is 2.65 bits per heavy atom. The zero-order valence-electron chi connectivity index (χ0n) is 10.7. The van der Waals surface area contributed by atoms with E-state index in [0.717, 1.165) is 30.6 Å². The number of carbonyl (C=O) groups is 1. The number of Topliss-reactive ketones (excluding diaryl/α,β-unsaturated/α-hetero) is 1. The summed E-state index contributed by atoms with van der Waals surface area (Å²) in [5.41, 5.74) is 0.694. The van der Waals surface area contributed by atoms with Gasteiger partial charge in [-0.05, 0) is 31.4 Å². The van der Waals surface area contributed by atoms with Gasteiger partial charge in [-0.25, -0.2) is 0 Å². The molecule has 0 amide bonds. The zero-order chi connectivity index (χ0) is 12.3. The molecule has 2 heteroatoms. The van der Waals surface area contributed by atoms with E-state index in [2.05, 4.69) is 6.92 Å². The van der Waals surface area contributed by atoms with Crippen molar-refractivity contribution in [2.75, 3.05) is 7.11 Å². The molecule has 0 bridgehead atoms. The van der Waals surface area contributed by atoms with Gasteiger partial charge in [0.05, 0.1) is 7.11 Å². The quantitative estimate of drug-likeness (QED) is 0.737. The number of ether oxygens (including phenoxy) is 1. The summed E-state index contributed by atoms with van der Waals surface area (Å²) in [5, 5.41) is 0. The number of benzene rings is 1. The highest BCUT2D eigenvalue weighted by atomic mass is 16.5. The number of hydrogen-bond acceptors (Lipinski definition) is 2. The van der Waals surface area contributed by atoms with Crippen molar-refractivity contribution in [3.8, 4) is 5.75 Å². The third kappa shape index (κ3) is 2.21. The molecule has 1 fully saturated rings. The Morgan fingerprint density at radius 2 is 2.06 bits per heavy atom. The van der Waals surface area contributed by atoms with Gasteiger partial charge in [-0.1, -0.05) is 31.9 Å². The largest absolute Gasteiger partial charge is 0.497 e. The van der Waals surface area contributed by atoms with Crippen LogP contribution in [0.25, 0.3) is 0 Å². The first-order chi connectivity index (χ1) is 8.22. The summed E-state index contributed by atoms with van der Waals surface area (Å²) in [6, 6.07) is 7.53. The molecule has 0 heterocycles. The van der Waals surface area contributed by atoms with E-state index in [1.54, 1.807) is 7.11 Å². The second-order valence-electron chi connectivity index (χ2n) is 4.90. The van der Waals surface area contributed by atoms with Gasteiger partial charge in [-0.3, -0.25) is 4.79 Å². The van der Waals surface area contributed by atoms with Crippen LogP contribution in [-0.4, -0.2) is 12.9 Å². The Morgan fingerprint density at radius 1 is 1.35 bits per heavy atom. The predicted molar refractivity (Wildman–Crippen MR) is 68.5 cm³/mol. The molecule has 0 atom stereocenters. The molecule has 1 saturated carbocycles. The van der Waals surface area contributed by atoms with Gasteiger partial charge in [0.1, 0.15) is 5.75 Å². The van der Waals surface area contributed by atoms with Crippen molar-refractivity contribution in [3.05, 3.63) is 29.8 Å². The van der Waals surface area contributed by atoms with Crippen LogP contribution in [-0.2, 0) is 0 Å². The van der Waals surface area contributed by atoms with Crippen LogP contribution in [0.4, 0.5) is 0 Å². The fraction of sp³-hybridized carbons (Fsp3) is 0.533. The lowest BCUT2D eigenvalue weighted by molar-refractivity contribution is 0.0791. The lowest BCUT2D eigenvalue weighted by atomic mass is 9.76. The first-order valence-corrected chi connectivity index (χ1v) is 6.41. The van der Waals surface area contributed by atoms with Gasteiger partial charge in [-0.2, -0.15) is 0 Å². The molecule has 1 aliphatic rings. The highest BCUT2D eigenvalue weighted by molar-refractivity contribution is 6.01. The van der Waals surface area contributed by atoms with E-state index in [1.807, 2.05) is 24.3 Å². The SMILES string of the molecule is CCC1(C(=O)c2cccc(OC)c2)CCCC1. The van der Waals surface area contributed by atoms with Crippen molar-refractivity contribution in [2.24, 2.45) is 5.41 Å². The van der Waals surface area contributed by atoms with Gasteiger partial charge in [0.2, 0.25) is 0 Å². The molecule has 0 aliphatic heterocycles. The molecule has 0 aromatic heterocycles. The van der Waals surface area contributed by atoms with Crippen LogP contribution in [0.2, 0.25) is 0 Å². The van der Waals surface area contributed by atoms with Crippen LogP contribution in [0.15, 0.2) is 24.3 Å². The normalized spacial score (nSPS) is 18.0. The second kappa shape index (κ2) is 4.91. The molecule has 2 rings (SSSR count). The predicted octanol–water partition coefficient (Wildman–Crippen LogP) is 3.85. The Bertz CT molecular complexity index is 403. The van der Waals surface area contributed by atoms with Crippen molar-refractivity contribution >= 4 is 5.78 Å². The van der Waals surface area contributed by atoms with Gasteiger partial charge in [-0.15, -0.1) is 0 Å². The average Bonchev–Trinajstić information content (AvgIpc) is 2.88. The summed E-state index contributed by atoms with van der Waals surface area (Å²) >= 11 is 0. The van der Waals surface area contributed by atoms with E-state index in [-0.39, 0.29) is 5.41 Å². The van der Waals surface area contributed by atoms with E-state index in [0.29, 0.717) is 5.78 Å². The molecule has 0 unspecified atom stereocenters. The number of carbonyl (C=O) groups excluding carboxylic acids is 1. The summed E-state index contributed by atoms with van der Waals surface area (Å²) < 4.78 is 5.18. The minimum atomic E-state index is -0.105. The van der Waals surface area contributed by atoms with Crippen LogP contribution >= 0.6 is 0 Å². The maximum atomic E-state index is 12.6. The van der Waals surface area contributed by atoms with Crippen molar-refractivity contribution < 1.29 is 9.53 Å². The summed E-state index contributed by atoms with van der Waals surface area (Å²) in [4.78, 5) is 12.6. The van der Waals surface area contributed by atoms with Crippen molar-refractivity contribution in [1.29, 1.82) is 0 Å². The summed E-state index contributed by atoms with van der Waals surface area (Å²) in [7, 11) is 1.63. The molecular formula is C15H20O2. The van der Waals surface area contributed by atoms with Crippen molar-refractivity contribution in [1.82, 2.24) is 0 Å². The molecule has 0 radical (unpaired) electrons. The minimum absolute atomic E-state index is 0.105. The lowest BCUT2D eigenvalue weighted by Gasteiger charge is -2.25. The maximum absolute atomic E-state index is 12.6. The summed E-state index contributed by atoms with van der Waals surface area (Å²) in [6.07, 6.45) is 5.40. The third-order valence-corrected chi connectivity index (χ3v) is 4.05. The molecule has 17 heavy (non-hydrogen) atoms. The molecule has 1 aliphatic carbocycles. The molecular weight excluding hydrogens is 212 g/mol. The lowest BCUT2D eigenvalue weighted by Crippen LogP contribution is -2.27. The van der Waals surface area contributed by atoms with Gasteiger partial charge in [0, 0.05) is 11.0 Å². The highest BCUT2D eigenvalue weighted by Gasteiger charge is 2.39. The standard InChI is InChI=1S/C15H20O2/c1-3-15(9-4-5-10-15)14(16)12-7-6-8-13(11-12)17-2/h6-8,11H,3-5,9-10H2,1-2H3. The number of rotatable bonds is 4. The van der Waals surface area contributed by atoms with Crippen LogP contribution in [0.3, 0.4) is 0 Å². The van der Waals surface area contributed by atoms with E-state index in [9.17, 15) is 4.79 Å². The molecule has 0 spiro atoms. The monoisotopic (exact) mass is 232 g/mol. The van der Waals surface area contributed by atoms with Gasteiger partial charge in [0.15, 0.2) is 5.78 Å². The van der Waals surface area contributed by atoms with Gasteiger partial charge in [0.25, 0.3) is 0 Å². The smallest absolute Gasteiger partial charge is 0.169 e. The Labute approximate surface area is 103 Å². The van der Waals surface area contributed by atoms with Crippen LogP contribution in [0.5, 0.6) is 5.75 Å². The van der Waals surface area contributed by atoms with E-state index >= 15 is 0 Å². The number of hydrogen-bond donors (Lipinski definition) is 0. The van der Waals surface area contributed by atoms with E-state index in [4.69, 9.17) is 4.74 Å². The highest BCUT2D eigenvalue weighted by Crippen LogP contribution is 2.43. The summed E-state index contributed by atoms with van der Waals surface area (Å²) in [6.45, 7) is 2.13. The number of ketones is 1. The van der Waals surface area contributed by atoms with E-state index < -0.39 is 0 Å². The third-order valence-electron chi connectivity index (χ3n) is 4.05. The van der Waals surface area contributed by atoms with Crippen LogP contribution < -0.4 is 4.74 Å². The topological polar surface area (TPSA) is 26.3 Å². The average molecular weight is 232 g/mol. The van der Waals surface area contributed by atoms with E-state index in [1.165, 1.54) is 12.8 Å². The molecule has 92 valence electrons. The van der Waals surface area contributed by atoms with Crippen LogP contribution in [0.1, 0.15) is 49.4 Å². The molecule has 1 aromatic carbocycles.